The second-order valence-corrected chi connectivity index (χ2v) is 7.06. The van der Waals surface area contributed by atoms with Crippen LogP contribution in [0, 0.1) is 5.82 Å². The van der Waals surface area contributed by atoms with E-state index in [-0.39, 0.29) is 11.2 Å². The highest BCUT2D eigenvalue weighted by molar-refractivity contribution is 5.79. The fourth-order valence-electron chi connectivity index (χ4n) is 3.18. The molecule has 0 aromatic heterocycles. The molecule has 0 spiro atoms. The van der Waals surface area contributed by atoms with Crippen molar-refractivity contribution in [2.45, 2.75) is 24.8 Å². The van der Waals surface area contributed by atoms with Crippen molar-refractivity contribution in [2.24, 2.45) is 4.99 Å². The van der Waals surface area contributed by atoms with Crippen LogP contribution in [-0.4, -0.2) is 39.9 Å². The molecule has 1 saturated carbocycles. The topological polar surface area (TPSA) is 54.9 Å². The van der Waals surface area contributed by atoms with E-state index in [1.807, 2.05) is 30.3 Å². The van der Waals surface area contributed by atoms with E-state index in [2.05, 4.69) is 15.6 Å². The Morgan fingerprint density at radius 3 is 2.64 bits per heavy atom. The zero-order chi connectivity index (χ0) is 19.8. The van der Waals surface area contributed by atoms with Gasteiger partial charge in [0, 0.05) is 32.7 Å². The third kappa shape index (κ3) is 5.45. The molecule has 2 N–H and O–H groups in total. The van der Waals surface area contributed by atoms with Crippen LogP contribution < -0.4 is 15.4 Å². The molecule has 2 aromatic rings. The van der Waals surface area contributed by atoms with Crippen LogP contribution in [0.2, 0.25) is 0 Å². The normalized spacial score (nSPS) is 15.2. The van der Waals surface area contributed by atoms with Gasteiger partial charge in [-0.05, 0) is 48.2 Å². The van der Waals surface area contributed by atoms with E-state index in [1.165, 1.54) is 6.07 Å². The smallest absolute Gasteiger partial charge is 0.191 e. The number of halogens is 1. The predicted molar refractivity (Wildman–Crippen MR) is 109 cm³/mol. The van der Waals surface area contributed by atoms with Crippen molar-refractivity contribution in [2.75, 3.05) is 33.9 Å². The Labute approximate surface area is 166 Å². The van der Waals surface area contributed by atoms with E-state index in [4.69, 9.17) is 9.47 Å². The van der Waals surface area contributed by atoms with Gasteiger partial charge in [-0.2, -0.15) is 0 Å². The number of rotatable bonds is 9. The monoisotopic (exact) mass is 385 g/mol. The lowest BCUT2D eigenvalue weighted by atomic mass is 9.96. The molecular formula is C22H28FN3O2. The SMILES string of the molecule is CN=C(NCc1cccc(OCCOC)c1)NCC1(c2cccc(F)c2)CC1. The van der Waals surface area contributed by atoms with Crippen LogP contribution in [0.5, 0.6) is 5.75 Å². The van der Waals surface area contributed by atoms with Crippen LogP contribution in [0.15, 0.2) is 53.5 Å². The molecule has 150 valence electrons. The Balaban J connectivity index is 1.51. The summed E-state index contributed by atoms with van der Waals surface area (Å²) in [5.41, 5.74) is 2.16. The van der Waals surface area contributed by atoms with Gasteiger partial charge in [0.05, 0.1) is 6.61 Å². The van der Waals surface area contributed by atoms with Gasteiger partial charge in [0.2, 0.25) is 0 Å². The average Bonchev–Trinajstić information content (AvgIpc) is 3.50. The van der Waals surface area contributed by atoms with Gasteiger partial charge in [-0.25, -0.2) is 4.39 Å². The van der Waals surface area contributed by atoms with Crippen LogP contribution in [0.25, 0.3) is 0 Å². The third-order valence-corrected chi connectivity index (χ3v) is 5.02. The number of guanidine groups is 1. The molecule has 28 heavy (non-hydrogen) atoms. The molecule has 0 atom stereocenters. The highest BCUT2D eigenvalue weighted by Crippen LogP contribution is 2.47. The first-order valence-corrected chi connectivity index (χ1v) is 9.56. The van der Waals surface area contributed by atoms with Crippen LogP contribution in [0.4, 0.5) is 4.39 Å². The summed E-state index contributed by atoms with van der Waals surface area (Å²) in [7, 11) is 3.41. The van der Waals surface area contributed by atoms with Crippen molar-refractivity contribution in [3.05, 3.63) is 65.5 Å². The molecule has 1 aliphatic carbocycles. The van der Waals surface area contributed by atoms with Crippen LogP contribution >= 0.6 is 0 Å². The van der Waals surface area contributed by atoms with Gasteiger partial charge in [0.25, 0.3) is 0 Å². The molecule has 1 aliphatic rings. The molecule has 3 rings (SSSR count). The number of methoxy groups -OCH3 is 1. The summed E-state index contributed by atoms with van der Waals surface area (Å²) < 4.78 is 24.2. The summed E-state index contributed by atoms with van der Waals surface area (Å²) in [5.74, 6) is 1.37. The zero-order valence-electron chi connectivity index (χ0n) is 16.5. The summed E-state index contributed by atoms with van der Waals surface area (Å²) in [5, 5.41) is 6.71. The van der Waals surface area contributed by atoms with Crippen molar-refractivity contribution >= 4 is 5.96 Å². The van der Waals surface area contributed by atoms with Crippen LogP contribution in [0.3, 0.4) is 0 Å². The lowest BCUT2D eigenvalue weighted by molar-refractivity contribution is 0.146. The lowest BCUT2D eigenvalue weighted by Gasteiger charge is -2.19. The number of benzene rings is 2. The van der Waals surface area contributed by atoms with Gasteiger partial charge in [-0.15, -0.1) is 0 Å². The molecule has 0 radical (unpaired) electrons. The van der Waals surface area contributed by atoms with Crippen LogP contribution in [0.1, 0.15) is 24.0 Å². The molecule has 0 saturated heterocycles. The highest BCUT2D eigenvalue weighted by Gasteiger charge is 2.44. The molecule has 0 bridgehead atoms. The highest BCUT2D eigenvalue weighted by atomic mass is 19.1. The predicted octanol–water partition coefficient (Wildman–Crippen LogP) is 3.25. The fourth-order valence-corrected chi connectivity index (χ4v) is 3.18. The minimum atomic E-state index is -0.182. The van der Waals surface area contributed by atoms with E-state index in [1.54, 1.807) is 26.3 Å². The standard InChI is InChI=1S/C22H28FN3O2/c1-24-21(25-15-17-5-3-8-20(13-17)28-12-11-27-2)26-16-22(9-10-22)18-6-4-7-19(23)14-18/h3-8,13-14H,9-12,15-16H2,1-2H3,(H2,24,25,26). The van der Waals surface area contributed by atoms with Gasteiger partial charge >= 0.3 is 0 Å². The van der Waals surface area contributed by atoms with E-state index >= 15 is 0 Å². The maximum absolute atomic E-state index is 13.6. The van der Waals surface area contributed by atoms with Crippen LogP contribution in [-0.2, 0) is 16.7 Å². The van der Waals surface area contributed by atoms with Crippen molar-refractivity contribution in [3.8, 4) is 5.75 Å². The summed E-state index contributed by atoms with van der Waals surface area (Å²) >= 11 is 0. The number of ether oxygens (including phenoxy) is 2. The van der Waals surface area contributed by atoms with E-state index in [0.29, 0.717) is 19.8 Å². The third-order valence-electron chi connectivity index (χ3n) is 5.02. The number of aliphatic imine (C=N–C) groups is 1. The summed E-state index contributed by atoms with van der Waals surface area (Å²) in [4.78, 5) is 4.30. The molecule has 1 fully saturated rings. The van der Waals surface area contributed by atoms with Gasteiger partial charge in [-0.1, -0.05) is 24.3 Å². The second kappa shape index (κ2) is 9.55. The van der Waals surface area contributed by atoms with E-state index < -0.39 is 0 Å². The maximum Gasteiger partial charge on any atom is 0.191 e. The Hall–Kier alpha value is -2.60. The Morgan fingerprint density at radius 1 is 1.11 bits per heavy atom. The average molecular weight is 385 g/mol. The molecule has 2 aromatic carbocycles. The molecule has 0 amide bonds. The Kier molecular flexibility index (Phi) is 6.87. The first-order chi connectivity index (χ1) is 13.6. The van der Waals surface area contributed by atoms with Crippen molar-refractivity contribution in [1.82, 2.24) is 10.6 Å². The number of nitrogens with zero attached hydrogens (tertiary/aromatic N) is 1. The van der Waals surface area contributed by atoms with Gasteiger partial charge in [-0.3, -0.25) is 4.99 Å². The van der Waals surface area contributed by atoms with Crippen molar-refractivity contribution < 1.29 is 13.9 Å². The number of nitrogens with one attached hydrogen (secondary N) is 2. The molecule has 0 heterocycles. The Morgan fingerprint density at radius 2 is 1.93 bits per heavy atom. The molecule has 6 heteroatoms. The summed E-state index contributed by atoms with van der Waals surface area (Å²) in [6.45, 7) is 2.45. The quantitative estimate of drug-likeness (QED) is 0.395. The number of hydrogen-bond donors (Lipinski definition) is 2. The van der Waals surface area contributed by atoms with Crippen molar-refractivity contribution in [1.29, 1.82) is 0 Å². The Bertz CT molecular complexity index is 806. The lowest BCUT2D eigenvalue weighted by Crippen LogP contribution is -2.40. The maximum atomic E-state index is 13.6. The minimum Gasteiger partial charge on any atom is -0.491 e. The second-order valence-electron chi connectivity index (χ2n) is 7.06. The largest absolute Gasteiger partial charge is 0.491 e. The summed E-state index contributed by atoms with van der Waals surface area (Å²) in [6, 6.07) is 14.9. The van der Waals surface area contributed by atoms with E-state index in [0.717, 1.165) is 42.2 Å². The van der Waals surface area contributed by atoms with Crippen molar-refractivity contribution in [3.63, 3.8) is 0 Å². The van der Waals surface area contributed by atoms with E-state index in [9.17, 15) is 4.39 Å². The van der Waals surface area contributed by atoms with Gasteiger partial charge < -0.3 is 20.1 Å². The fraction of sp³-hybridized carbons (Fsp3) is 0.409. The zero-order valence-corrected chi connectivity index (χ0v) is 16.5. The first kappa shape index (κ1) is 20.1. The number of hydrogen-bond acceptors (Lipinski definition) is 3. The molecule has 0 aliphatic heterocycles. The molecular weight excluding hydrogens is 357 g/mol. The molecule has 0 unspecified atom stereocenters. The first-order valence-electron chi connectivity index (χ1n) is 9.56. The molecule has 5 nitrogen and oxygen atoms in total. The van der Waals surface area contributed by atoms with Gasteiger partial charge in [0.1, 0.15) is 18.2 Å². The van der Waals surface area contributed by atoms with Gasteiger partial charge in [0.15, 0.2) is 5.96 Å². The summed E-state index contributed by atoms with van der Waals surface area (Å²) in [6.07, 6.45) is 2.11. The minimum absolute atomic E-state index is 0.00876.